The molecule has 2 rings (SSSR count). The molecule has 0 bridgehead atoms. The predicted octanol–water partition coefficient (Wildman–Crippen LogP) is 7.85. The molecule has 0 unspecified atom stereocenters. The van der Waals surface area contributed by atoms with E-state index in [-0.39, 0.29) is 24.2 Å². The SMILES string of the molecule is CC(C)[C@@H](C(=O)O)N(C)CCc1ccc(CC(=O)OC(C)(C)C)cc1.CC(C)[C@@H](C(=O)O)N(C)CCc1ccc(N(C)C(=O)OC(C)(C)C)cc1.CI. The summed E-state index contributed by atoms with van der Waals surface area (Å²) in [7, 11) is 5.36. The number of benzene rings is 2. The molecular formula is C41H66IN3O8. The summed E-state index contributed by atoms with van der Waals surface area (Å²) in [5.74, 6) is -1.72. The molecular weight excluding hydrogens is 789 g/mol. The third-order valence-electron chi connectivity index (χ3n) is 8.01. The lowest BCUT2D eigenvalue weighted by Crippen LogP contribution is -2.43. The second-order valence-electron chi connectivity index (χ2n) is 15.8. The van der Waals surface area contributed by atoms with Crippen LogP contribution < -0.4 is 4.90 Å². The normalized spacial score (nSPS) is 12.7. The Hall–Kier alpha value is -3.23. The molecule has 2 aromatic rings. The average molecular weight is 856 g/mol. The smallest absolute Gasteiger partial charge is 0.414 e. The molecule has 300 valence electrons. The molecule has 12 heteroatoms. The monoisotopic (exact) mass is 855 g/mol. The minimum Gasteiger partial charge on any atom is -0.480 e. The number of carboxylic acid groups (broad SMARTS) is 2. The summed E-state index contributed by atoms with van der Waals surface area (Å²) in [6.07, 6.45) is 1.36. The van der Waals surface area contributed by atoms with E-state index in [1.54, 1.807) is 7.05 Å². The highest BCUT2D eigenvalue weighted by atomic mass is 127. The second kappa shape index (κ2) is 23.5. The van der Waals surface area contributed by atoms with Gasteiger partial charge >= 0.3 is 24.0 Å². The Kier molecular flexibility index (Phi) is 22.1. The fourth-order valence-corrected chi connectivity index (χ4v) is 5.54. The van der Waals surface area contributed by atoms with Gasteiger partial charge in [-0.3, -0.25) is 29.1 Å². The van der Waals surface area contributed by atoms with Crippen LogP contribution in [0.5, 0.6) is 0 Å². The van der Waals surface area contributed by atoms with Gasteiger partial charge < -0.3 is 19.7 Å². The van der Waals surface area contributed by atoms with Crippen LogP contribution in [0.1, 0.15) is 85.9 Å². The Bertz CT molecular complexity index is 1400. The number of esters is 1. The number of aliphatic carboxylic acids is 2. The Morgan fingerprint density at radius 3 is 1.28 bits per heavy atom. The van der Waals surface area contributed by atoms with E-state index < -0.39 is 41.3 Å². The maximum Gasteiger partial charge on any atom is 0.414 e. The van der Waals surface area contributed by atoms with E-state index in [1.165, 1.54) is 4.90 Å². The number of hydrogen-bond acceptors (Lipinski definition) is 8. The largest absolute Gasteiger partial charge is 0.480 e. The van der Waals surface area contributed by atoms with Crippen molar-refractivity contribution < 1.29 is 38.9 Å². The van der Waals surface area contributed by atoms with Crippen molar-refractivity contribution in [1.82, 2.24) is 9.80 Å². The van der Waals surface area contributed by atoms with Crippen molar-refractivity contribution in [2.75, 3.05) is 44.1 Å². The highest BCUT2D eigenvalue weighted by Gasteiger charge is 2.27. The first-order chi connectivity index (χ1) is 24.4. The standard InChI is InChI=1S/C20H32N2O4.C20H31NO4.CH3I/c1-14(2)17(18(23)24)21(6)13-12-15-8-10-16(11-9-15)22(7)19(25)26-20(3,4)5;1-14(2)18(19(23)24)21(6)12-11-15-7-9-16(10-8-15)13-17(22)25-20(3,4)5;1-2/h8-11,14,17H,12-13H2,1-7H3,(H,23,24);7-10,14,18H,11-13H2,1-6H3,(H,23,24);1H3/t17-;18-;/m00./s1. The van der Waals surface area contributed by atoms with Crippen LogP contribution in [0.15, 0.2) is 48.5 Å². The topological polar surface area (TPSA) is 137 Å². The summed E-state index contributed by atoms with van der Waals surface area (Å²) in [5, 5.41) is 18.7. The molecule has 0 fully saturated rings. The molecule has 0 saturated carbocycles. The maximum atomic E-state index is 12.1. The first-order valence-electron chi connectivity index (χ1n) is 18.0. The maximum absolute atomic E-state index is 12.1. The van der Waals surface area contributed by atoms with E-state index in [9.17, 15) is 29.4 Å². The molecule has 0 aliphatic carbocycles. The first-order valence-corrected chi connectivity index (χ1v) is 20.2. The van der Waals surface area contributed by atoms with Gasteiger partial charge in [0, 0.05) is 25.8 Å². The third-order valence-corrected chi connectivity index (χ3v) is 8.01. The van der Waals surface area contributed by atoms with Gasteiger partial charge in [-0.1, -0.05) is 86.7 Å². The number of likely N-dealkylation sites (N-methyl/N-ethyl adjacent to an activating group) is 2. The number of ether oxygens (including phenoxy) is 2. The summed E-state index contributed by atoms with van der Waals surface area (Å²) >= 11 is 2.15. The molecule has 2 N–H and O–H groups in total. The van der Waals surface area contributed by atoms with Crippen molar-refractivity contribution in [1.29, 1.82) is 0 Å². The molecule has 0 radical (unpaired) electrons. The molecule has 0 spiro atoms. The lowest BCUT2D eigenvalue weighted by atomic mass is 10.0. The fraction of sp³-hybridized carbons (Fsp3) is 0.610. The third kappa shape index (κ3) is 20.1. The van der Waals surface area contributed by atoms with Crippen molar-refractivity contribution in [3.8, 4) is 0 Å². The van der Waals surface area contributed by atoms with Crippen molar-refractivity contribution in [2.45, 2.75) is 112 Å². The quantitative estimate of drug-likeness (QED) is 0.104. The van der Waals surface area contributed by atoms with Gasteiger partial charge in [0.25, 0.3) is 0 Å². The molecule has 0 heterocycles. The highest BCUT2D eigenvalue weighted by Crippen LogP contribution is 2.19. The van der Waals surface area contributed by atoms with Crippen molar-refractivity contribution in [2.24, 2.45) is 11.8 Å². The summed E-state index contributed by atoms with van der Waals surface area (Å²) in [5.41, 5.74) is 2.86. The van der Waals surface area contributed by atoms with E-state index in [4.69, 9.17) is 9.47 Å². The number of anilines is 1. The van der Waals surface area contributed by atoms with Crippen molar-refractivity contribution in [3.05, 3.63) is 65.2 Å². The zero-order chi connectivity index (χ0) is 41.3. The van der Waals surface area contributed by atoms with Crippen LogP contribution >= 0.6 is 22.6 Å². The summed E-state index contributed by atoms with van der Waals surface area (Å²) in [6.45, 7) is 20.0. The zero-order valence-corrected chi connectivity index (χ0v) is 36.7. The van der Waals surface area contributed by atoms with Gasteiger partial charge in [-0.2, -0.15) is 0 Å². The molecule has 2 atom stereocenters. The number of carboxylic acids is 2. The zero-order valence-electron chi connectivity index (χ0n) is 34.5. The van der Waals surface area contributed by atoms with Crippen molar-refractivity contribution in [3.63, 3.8) is 0 Å². The Labute approximate surface area is 332 Å². The van der Waals surface area contributed by atoms with Crippen LogP contribution in [0.3, 0.4) is 0 Å². The van der Waals surface area contributed by atoms with E-state index in [1.807, 2.05) is 147 Å². The summed E-state index contributed by atoms with van der Waals surface area (Å²) < 4.78 is 10.7. The number of halogens is 1. The van der Waals surface area contributed by atoms with Gasteiger partial charge in [0.1, 0.15) is 23.3 Å². The lowest BCUT2D eigenvalue weighted by Gasteiger charge is -2.27. The molecule has 0 aliphatic heterocycles. The molecule has 2 aromatic carbocycles. The van der Waals surface area contributed by atoms with Gasteiger partial charge in [0.15, 0.2) is 0 Å². The average Bonchev–Trinajstić information content (AvgIpc) is 3.02. The molecule has 0 aromatic heterocycles. The predicted molar refractivity (Wildman–Crippen MR) is 222 cm³/mol. The Balaban J connectivity index is 0.000000975. The number of amides is 1. The van der Waals surface area contributed by atoms with Gasteiger partial charge in [-0.05, 0) is 114 Å². The molecule has 0 saturated heterocycles. The summed E-state index contributed by atoms with van der Waals surface area (Å²) in [6, 6.07) is 14.5. The number of carbonyl (C=O) groups excluding carboxylic acids is 2. The molecule has 53 heavy (non-hydrogen) atoms. The molecule has 11 nitrogen and oxygen atoms in total. The van der Waals surface area contributed by atoms with Crippen LogP contribution in [0.25, 0.3) is 0 Å². The number of hydrogen-bond donors (Lipinski definition) is 2. The van der Waals surface area contributed by atoms with Crippen LogP contribution in [0.4, 0.5) is 10.5 Å². The van der Waals surface area contributed by atoms with E-state index in [0.29, 0.717) is 13.1 Å². The Morgan fingerprint density at radius 2 is 0.962 bits per heavy atom. The first kappa shape index (κ1) is 49.8. The van der Waals surface area contributed by atoms with Gasteiger partial charge in [-0.15, -0.1) is 0 Å². The molecule has 0 aliphatic rings. The van der Waals surface area contributed by atoms with E-state index in [0.717, 1.165) is 35.2 Å². The minimum atomic E-state index is -0.795. The highest BCUT2D eigenvalue weighted by molar-refractivity contribution is 14.1. The number of alkyl halides is 1. The summed E-state index contributed by atoms with van der Waals surface area (Å²) in [4.78, 5) is 53.9. The lowest BCUT2D eigenvalue weighted by molar-refractivity contribution is -0.154. The van der Waals surface area contributed by atoms with Gasteiger partial charge in [-0.25, -0.2) is 4.79 Å². The number of nitrogens with zero attached hydrogens (tertiary/aromatic N) is 3. The minimum absolute atomic E-state index is 0.0438. The van der Waals surface area contributed by atoms with Gasteiger partial charge in [0.2, 0.25) is 0 Å². The van der Waals surface area contributed by atoms with Crippen molar-refractivity contribution >= 4 is 52.3 Å². The van der Waals surface area contributed by atoms with E-state index >= 15 is 0 Å². The Morgan fingerprint density at radius 1 is 0.623 bits per heavy atom. The van der Waals surface area contributed by atoms with Crippen LogP contribution in [0, 0.1) is 11.8 Å². The second-order valence-corrected chi connectivity index (χ2v) is 15.8. The van der Waals surface area contributed by atoms with Crippen LogP contribution in [-0.2, 0) is 43.1 Å². The number of carbonyl (C=O) groups is 4. The van der Waals surface area contributed by atoms with Crippen LogP contribution in [-0.4, -0.2) is 106 Å². The van der Waals surface area contributed by atoms with Crippen LogP contribution in [0.2, 0.25) is 0 Å². The van der Waals surface area contributed by atoms with Gasteiger partial charge in [0.05, 0.1) is 6.42 Å². The van der Waals surface area contributed by atoms with E-state index in [2.05, 4.69) is 22.6 Å². The number of rotatable bonds is 15. The fourth-order valence-electron chi connectivity index (χ4n) is 5.54. The molecule has 1 amide bonds.